The number of aliphatic carboxylic acids is 1. The van der Waals surface area contributed by atoms with Crippen molar-refractivity contribution in [1.82, 2.24) is 25.1 Å². The van der Waals surface area contributed by atoms with Crippen LogP contribution < -0.4 is 10.2 Å². The molecule has 2 bridgehead atoms. The number of piperidine rings is 1. The number of aromatic amines is 1. The highest BCUT2D eigenvalue weighted by molar-refractivity contribution is 6.31. The number of alkyl halides is 2. The number of nitrogens with zero attached hydrogens (tertiary/aromatic N) is 5. The molecule has 2 unspecified atom stereocenters. The lowest BCUT2D eigenvalue weighted by atomic mass is 9.61. The largest absolute Gasteiger partial charge is 0.481 e. The van der Waals surface area contributed by atoms with Crippen LogP contribution in [0, 0.1) is 23.6 Å². The number of aromatic nitrogens is 5. The normalized spacial score (nSPS) is 27.0. The summed E-state index contributed by atoms with van der Waals surface area (Å²) in [5.41, 5.74) is 0.702. The summed E-state index contributed by atoms with van der Waals surface area (Å²) in [6, 6.07) is 1.12. The van der Waals surface area contributed by atoms with Crippen LogP contribution in [0.25, 0.3) is 22.6 Å². The van der Waals surface area contributed by atoms with Crippen LogP contribution in [0.15, 0.2) is 12.3 Å². The molecule has 2 atom stereocenters. The Labute approximate surface area is 214 Å². The number of nitrogens with one attached hydrogen (secondary N) is 2. The summed E-state index contributed by atoms with van der Waals surface area (Å²) in [4.78, 5) is 26.7. The SMILES string of the molecule is O=C(O)C1C2CCC(CC2)C1Nc1nc(-c2[nH]nc3ncc(Cl)cc23)nc(N2CCC(F)(F)CC2)c1F. The molecule has 0 aromatic carbocycles. The van der Waals surface area contributed by atoms with Crippen molar-refractivity contribution in [2.75, 3.05) is 23.3 Å². The minimum atomic E-state index is -2.82. The second-order valence-corrected chi connectivity index (χ2v) is 10.6. The first-order valence-electron chi connectivity index (χ1n) is 12.4. The van der Waals surface area contributed by atoms with Gasteiger partial charge in [0.2, 0.25) is 5.82 Å². The highest BCUT2D eigenvalue weighted by atomic mass is 35.5. The first-order chi connectivity index (χ1) is 17.7. The van der Waals surface area contributed by atoms with E-state index in [0.29, 0.717) is 21.7 Å². The Morgan fingerprint density at radius 1 is 1.16 bits per heavy atom. The van der Waals surface area contributed by atoms with E-state index in [1.807, 2.05) is 0 Å². The number of hydrogen-bond acceptors (Lipinski definition) is 7. The number of fused-ring (bicyclic) bond motifs is 4. The van der Waals surface area contributed by atoms with Crippen LogP contribution >= 0.6 is 11.6 Å². The van der Waals surface area contributed by atoms with Crippen molar-refractivity contribution >= 4 is 40.2 Å². The summed E-state index contributed by atoms with van der Waals surface area (Å²) in [5.74, 6) is -5.31. The predicted octanol–water partition coefficient (Wildman–Crippen LogP) is 4.74. The van der Waals surface area contributed by atoms with Gasteiger partial charge in [-0.15, -0.1) is 0 Å². The lowest BCUT2D eigenvalue weighted by Crippen LogP contribution is -2.51. The van der Waals surface area contributed by atoms with Crippen molar-refractivity contribution in [3.63, 3.8) is 0 Å². The average molecular weight is 536 g/mol. The van der Waals surface area contributed by atoms with E-state index in [1.165, 1.54) is 11.1 Å². The zero-order valence-electron chi connectivity index (χ0n) is 19.7. The number of carbonyl (C=O) groups is 1. The summed E-state index contributed by atoms with van der Waals surface area (Å²) in [6.45, 7) is -0.161. The van der Waals surface area contributed by atoms with Crippen molar-refractivity contribution in [2.24, 2.45) is 17.8 Å². The van der Waals surface area contributed by atoms with Crippen LogP contribution in [-0.2, 0) is 4.79 Å². The smallest absolute Gasteiger partial charge is 0.308 e. The van der Waals surface area contributed by atoms with Gasteiger partial charge in [0.05, 0.1) is 16.3 Å². The summed E-state index contributed by atoms with van der Waals surface area (Å²) in [7, 11) is 0. The first-order valence-corrected chi connectivity index (χ1v) is 12.8. The number of carboxylic acid groups (broad SMARTS) is 1. The van der Waals surface area contributed by atoms with Gasteiger partial charge < -0.3 is 15.3 Å². The van der Waals surface area contributed by atoms with Gasteiger partial charge >= 0.3 is 5.97 Å². The molecule has 13 heteroatoms. The summed E-state index contributed by atoms with van der Waals surface area (Å²) in [6.07, 6.45) is 3.97. The molecule has 4 fully saturated rings. The highest BCUT2D eigenvalue weighted by Gasteiger charge is 2.48. The van der Waals surface area contributed by atoms with Gasteiger partial charge in [-0.1, -0.05) is 11.6 Å². The molecule has 3 N–H and O–H groups in total. The van der Waals surface area contributed by atoms with Crippen LogP contribution in [0.4, 0.5) is 24.8 Å². The quantitative estimate of drug-likeness (QED) is 0.428. The Hall–Kier alpha value is -3.15. The molecule has 0 amide bonds. The maximum Gasteiger partial charge on any atom is 0.308 e. The summed E-state index contributed by atoms with van der Waals surface area (Å²) < 4.78 is 43.6. The molecule has 3 saturated carbocycles. The number of H-pyrrole nitrogens is 1. The fourth-order valence-corrected chi connectivity index (χ4v) is 6.27. The number of pyridine rings is 1. The standard InChI is InChI=1S/C24H25ClF3N7O2/c25-13-9-14-18(33-34-19(14)29-10-13)21-31-20(16(26)22(32-21)35-7-5-24(27,28)6-8-35)30-17-12-3-1-11(2-4-12)15(17)23(36)37/h9-12,15,17H,1-8H2,(H,36,37)(H,29,33,34)(H,30,31,32). The van der Waals surface area contributed by atoms with E-state index in [0.717, 1.165) is 25.7 Å². The van der Waals surface area contributed by atoms with Gasteiger partial charge in [0, 0.05) is 38.2 Å². The number of anilines is 2. The van der Waals surface area contributed by atoms with Crippen molar-refractivity contribution in [3.05, 3.63) is 23.1 Å². The fourth-order valence-electron chi connectivity index (χ4n) is 6.11. The second kappa shape index (κ2) is 9.00. The van der Waals surface area contributed by atoms with Gasteiger partial charge in [0.1, 0.15) is 5.69 Å². The fraction of sp³-hybridized carbons (Fsp3) is 0.542. The van der Waals surface area contributed by atoms with Crippen LogP contribution in [0.3, 0.4) is 0 Å². The minimum absolute atomic E-state index is 0.0120. The molecule has 4 heterocycles. The molecule has 37 heavy (non-hydrogen) atoms. The Morgan fingerprint density at radius 3 is 2.57 bits per heavy atom. The Morgan fingerprint density at radius 2 is 1.86 bits per heavy atom. The van der Waals surface area contributed by atoms with Gasteiger partial charge in [0.15, 0.2) is 23.1 Å². The number of carboxylic acids is 1. The van der Waals surface area contributed by atoms with Gasteiger partial charge in [0.25, 0.3) is 5.92 Å². The van der Waals surface area contributed by atoms with E-state index in [-0.39, 0.29) is 42.4 Å². The molecule has 0 radical (unpaired) electrons. The molecule has 4 aliphatic rings. The van der Waals surface area contributed by atoms with E-state index in [2.05, 4.69) is 30.5 Å². The highest BCUT2D eigenvalue weighted by Crippen LogP contribution is 2.47. The molecule has 0 spiro atoms. The predicted molar refractivity (Wildman–Crippen MR) is 130 cm³/mol. The van der Waals surface area contributed by atoms with Crippen LogP contribution in [0.1, 0.15) is 38.5 Å². The van der Waals surface area contributed by atoms with E-state index >= 15 is 4.39 Å². The molecular formula is C24H25ClF3N7O2. The molecule has 9 nitrogen and oxygen atoms in total. The molecular weight excluding hydrogens is 511 g/mol. The minimum Gasteiger partial charge on any atom is -0.481 e. The number of halogens is 4. The Bertz CT molecular complexity index is 1350. The zero-order chi connectivity index (χ0) is 25.9. The topological polar surface area (TPSA) is 120 Å². The molecule has 196 valence electrons. The third kappa shape index (κ3) is 4.34. The summed E-state index contributed by atoms with van der Waals surface area (Å²) in [5, 5.41) is 20.9. The molecule has 3 aliphatic carbocycles. The maximum atomic E-state index is 16.0. The lowest BCUT2D eigenvalue weighted by Gasteiger charge is -2.47. The van der Waals surface area contributed by atoms with Crippen molar-refractivity contribution < 1.29 is 23.1 Å². The number of hydrogen-bond donors (Lipinski definition) is 3. The van der Waals surface area contributed by atoms with E-state index in [4.69, 9.17) is 11.6 Å². The van der Waals surface area contributed by atoms with E-state index < -0.39 is 42.5 Å². The van der Waals surface area contributed by atoms with Gasteiger partial charge in [-0.05, 0) is 43.6 Å². The molecule has 3 aromatic rings. The first kappa shape index (κ1) is 24.2. The third-order valence-electron chi connectivity index (χ3n) is 8.04. The van der Waals surface area contributed by atoms with Crippen molar-refractivity contribution in [2.45, 2.75) is 50.5 Å². The second-order valence-electron chi connectivity index (χ2n) is 10.2. The van der Waals surface area contributed by atoms with Crippen LogP contribution in [-0.4, -0.2) is 61.3 Å². The third-order valence-corrected chi connectivity index (χ3v) is 8.24. The van der Waals surface area contributed by atoms with Crippen molar-refractivity contribution in [1.29, 1.82) is 0 Å². The van der Waals surface area contributed by atoms with Gasteiger partial charge in [-0.25, -0.2) is 23.7 Å². The monoisotopic (exact) mass is 535 g/mol. The zero-order valence-corrected chi connectivity index (χ0v) is 20.5. The number of rotatable bonds is 5. The maximum absolute atomic E-state index is 16.0. The van der Waals surface area contributed by atoms with Gasteiger partial charge in [-0.2, -0.15) is 9.49 Å². The van der Waals surface area contributed by atoms with Crippen molar-refractivity contribution in [3.8, 4) is 11.5 Å². The average Bonchev–Trinajstić information content (AvgIpc) is 3.29. The summed E-state index contributed by atoms with van der Waals surface area (Å²) >= 11 is 6.13. The Balaban J connectivity index is 1.44. The Kier molecular flexibility index (Phi) is 5.89. The molecule has 1 aliphatic heterocycles. The molecule has 7 rings (SSSR count). The molecule has 3 aromatic heterocycles. The van der Waals surface area contributed by atoms with Gasteiger partial charge in [-0.3, -0.25) is 9.89 Å². The van der Waals surface area contributed by atoms with E-state index in [1.54, 1.807) is 6.07 Å². The van der Waals surface area contributed by atoms with Crippen LogP contribution in [0.5, 0.6) is 0 Å². The molecule has 1 saturated heterocycles. The van der Waals surface area contributed by atoms with Crippen LogP contribution in [0.2, 0.25) is 5.02 Å². The lowest BCUT2D eigenvalue weighted by molar-refractivity contribution is -0.148. The van der Waals surface area contributed by atoms with E-state index in [9.17, 15) is 18.7 Å².